The lowest BCUT2D eigenvalue weighted by Crippen LogP contribution is -2.36. The molecule has 0 aliphatic carbocycles. The van der Waals surface area contributed by atoms with E-state index in [1.54, 1.807) is 6.07 Å². The van der Waals surface area contributed by atoms with E-state index in [0.29, 0.717) is 32.6 Å². The van der Waals surface area contributed by atoms with E-state index in [-0.39, 0.29) is 11.3 Å². The number of carbonyl (C=O) groups excluding carboxylic acids is 1. The van der Waals surface area contributed by atoms with Crippen molar-refractivity contribution in [2.24, 2.45) is 0 Å². The first-order chi connectivity index (χ1) is 8.22. The summed E-state index contributed by atoms with van der Waals surface area (Å²) in [6.45, 7) is 2.64. The van der Waals surface area contributed by atoms with Crippen LogP contribution < -0.4 is 4.90 Å². The van der Waals surface area contributed by atoms with Crippen LogP contribution >= 0.6 is 0 Å². The fraction of sp³-hybridized carbons (Fsp3) is 0.364. The summed E-state index contributed by atoms with van der Waals surface area (Å²) in [5.74, 6) is 0. The molecule has 6 heteroatoms. The maximum Gasteiger partial charge on any atom is 0.281 e. The van der Waals surface area contributed by atoms with Crippen LogP contribution in [0.5, 0.6) is 0 Å². The van der Waals surface area contributed by atoms with Crippen LogP contribution in [0.4, 0.5) is 11.4 Å². The number of rotatable bonds is 3. The number of nitro groups is 1. The van der Waals surface area contributed by atoms with Gasteiger partial charge in [-0.25, -0.2) is 0 Å². The van der Waals surface area contributed by atoms with Gasteiger partial charge in [-0.15, -0.1) is 0 Å². The Balaban J connectivity index is 2.32. The summed E-state index contributed by atoms with van der Waals surface area (Å²) in [6, 6.07) is 4.65. The standard InChI is InChI=1S/C11H12N2O4/c14-8-9-1-2-10(7-11(9)13(15)16)12-3-5-17-6-4-12/h1-2,7-8H,3-6H2. The second-order valence-corrected chi connectivity index (χ2v) is 3.72. The Hall–Kier alpha value is -1.95. The van der Waals surface area contributed by atoms with E-state index in [0.717, 1.165) is 5.69 Å². The molecule has 0 bridgehead atoms. The molecule has 0 N–H and O–H groups in total. The van der Waals surface area contributed by atoms with E-state index < -0.39 is 4.92 Å². The zero-order valence-corrected chi connectivity index (χ0v) is 9.17. The van der Waals surface area contributed by atoms with Crippen LogP contribution in [0.25, 0.3) is 0 Å². The molecule has 17 heavy (non-hydrogen) atoms. The summed E-state index contributed by atoms with van der Waals surface area (Å²) in [7, 11) is 0. The summed E-state index contributed by atoms with van der Waals surface area (Å²) in [5, 5.41) is 10.8. The van der Waals surface area contributed by atoms with Crippen molar-refractivity contribution in [3.63, 3.8) is 0 Å². The topological polar surface area (TPSA) is 72.7 Å². The lowest BCUT2D eigenvalue weighted by Gasteiger charge is -2.28. The molecule has 0 amide bonds. The molecular weight excluding hydrogens is 224 g/mol. The molecule has 90 valence electrons. The van der Waals surface area contributed by atoms with Gasteiger partial charge in [0.25, 0.3) is 5.69 Å². The quantitative estimate of drug-likeness (QED) is 0.448. The highest BCUT2D eigenvalue weighted by Crippen LogP contribution is 2.25. The van der Waals surface area contributed by atoms with Gasteiger partial charge in [-0.05, 0) is 12.1 Å². The van der Waals surface area contributed by atoms with Crippen molar-refractivity contribution in [2.45, 2.75) is 0 Å². The largest absolute Gasteiger partial charge is 0.378 e. The highest BCUT2D eigenvalue weighted by atomic mass is 16.6. The van der Waals surface area contributed by atoms with Crippen molar-refractivity contribution in [1.29, 1.82) is 0 Å². The average Bonchev–Trinajstić information content (AvgIpc) is 2.39. The predicted molar refractivity (Wildman–Crippen MR) is 61.5 cm³/mol. The van der Waals surface area contributed by atoms with Gasteiger partial charge in [0.2, 0.25) is 0 Å². The number of benzene rings is 1. The molecule has 1 aliphatic rings. The van der Waals surface area contributed by atoms with Crippen LogP contribution in [-0.2, 0) is 4.74 Å². The molecule has 1 heterocycles. The van der Waals surface area contributed by atoms with Crippen LogP contribution in [0, 0.1) is 10.1 Å². The first kappa shape index (κ1) is 11.5. The van der Waals surface area contributed by atoms with Gasteiger partial charge in [0.15, 0.2) is 6.29 Å². The average molecular weight is 236 g/mol. The second-order valence-electron chi connectivity index (χ2n) is 3.72. The van der Waals surface area contributed by atoms with Crippen LogP contribution in [0.2, 0.25) is 0 Å². The smallest absolute Gasteiger partial charge is 0.281 e. The number of carbonyl (C=O) groups is 1. The van der Waals surface area contributed by atoms with E-state index in [2.05, 4.69) is 0 Å². The fourth-order valence-corrected chi connectivity index (χ4v) is 1.81. The first-order valence-corrected chi connectivity index (χ1v) is 5.28. The Labute approximate surface area is 97.9 Å². The molecule has 1 aromatic rings. The van der Waals surface area contributed by atoms with Crippen molar-refractivity contribution < 1.29 is 14.5 Å². The number of hydrogen-bond acceptors (Lipinski definition) is 5. The molecule has 1 aliphatic heterocycles. The number of aldehydes is 1. The number of anilines is 1. The minimum absolute atomic E-state index is 0.104. The number of nitro benzene ring substituents is 1. The minimum Gasteiger partial charge on any atom is -0.378 e. The van der Waals surface area contributed by atoms with Gasteiger partial charge in [-0.1, -0.05) is 0 Å². The molecule has 1 fully saturated rings. The molecule has 0 unspecified atom stereocenters. The lowest BCUT2D eigenvalue weighted by atomic mass is 10.1. The molecular formula is C11H12N2O4. The predicted octanol–water partition coefficient (Wildman–Crippen LogP) is 1.24. The van der Waals surface area contributed by atoms with E-state index >= 15 is 0 Å². The molecule has 0 saturated carbocycles. The summed E-state index contributed by atoms with van der Waals surface area (Å²) >= 11 is 0. The van der Waals surface area contributed by atoms with E-state index in [9.17, 15) is 14.9 Å². The third-order valence-electron chi connectivity index (χ3n) is 2.71. The molecule has 1 aromatic carbocycles. The van der Waals surface area contributed by atoms with Gasteiger partial charge >= 0.3 is 0 Å². The summed E-state index contributed by atoms with van der Waals surface area (Å²) in [5.41, 5.74) is 0.710. The molecule has 6 nitrogen and oxygen atoms in total. The SMILES string of the molecule is O=Cc1ccc(N2CCOCC2)cc1[N+](=O)[O-]. The van der Waals surface area contributed by atoms with Crippen molar-refractivity contribution in [3.05, 3.63) is 33.9 Å². The zero-order chi connectivity index (χ0) is 12.3. The lowest BCUT2D eigenvalue weighted by molar-refractivity contribution is -0.385. The van der Waals surface area contributed by atoms with Crippen LogP contribution in [0.15, 0.2) is 18.2 Å². The number of ether oxygens (including phenoxy) is 1. The second kappa shape index (κ2) is 4.92. The van der Waals surface area contributed by atoms with Crippen LogP contribution in [-0.4, -0.2) is 37.5 Å². The van der Waals surface area contributed by atoms with Crippen LogP contribution in [0.3, 0.4) is 0 Å². The van der Waals surface area contributed by atoms with Crippen molar-refractivity contribution in [3.8, 4) is 0 Å². The van der Waals surface area contributed by atoms with Crippen LogP contribution in [0.1, 0.15) is 10.4 Å². The Morgan fingerprint density at radius 1 is 1.35 bits per heavy atom. The molecule has 0 atom stereocenters. The summed E-state index contributed by atoms with van der Waals surface area (Å²) < 4.78 is 5.21. The maximum absolute atomic E-state index is 10.8. The minimum atomic E-state index is -0.534. The fourth-order valence-electron chi connectivity index (χ4n) is 1.81. The van der Waals surface area contributed by atoms with Crippen molar-refractivity contribution >= 4 is 17.7 Å². The molecule has 0 aromatic heterocycles. The van der Waals surface area contributed by atoms with Gasteiger partial charge < -0.3 is 9.64 Å². The van der Waals surface area contributed by atoms with Gasteiger partial charge in [-0.3, -0.25) is 14.9 Å². The summed E-state index contributed by atoms with van der Waals surface area (Å²) in [6.07, 6.45) is 0.501. The van der Waals surface area contributed by atoms with Gasteiger partial charge in [0.05, 0.1) is 23.7 Å². The van der Waals surface area contributed by atoms with Gasteiger partial charge in [-0.2, -0.15) is 0 Å². The summed E-state index contributed by atoms with van der Waals surface area (Å²) in [4.78, 5) is 23.0. The number of morpholine rings is 1. The Kier molecular flexibility index (Phi) is 3.34. The maximum atomic E-state index is 10.8. The number of nitrogens with zero attached hydrogens (tertiary/aromatic N) is 2. The van der Waals surface area contributed by atoms with Crippen molar-refractivity contribution in [1.82, 2.24) is 0 Å². The molecule has 0 spiro atoms. The van der Waals surface area contributed by atoms with Gasteiger partial charge in [0, 0.05) is 24.8 Å². The zero-order valence-electron chi connectivity index (χ0n) is 9.17. The third-order valence-corrected chi connectivity index (χ3v) is 2.71. The normalized spacial score (nSPS) is 15.6. The molecule has 2 rings (SSSR count). The Morgan fingerprint density at radius 2 is 2.06 bits per heavy atom. The Morgan fingerprint density at radius 3 is 2.65 bits per heavy atom. The van der Waals surface area contributed by atoms with E-state index in [1.807, 2.05) is 4.90 Å². The molecule has 1 saturated heterocycles. The highest BCUT2D eigenvalue weighted by Gasteiger charge is 2.18. The molecule has 0 radical (unpaired) electrons. The Bertz CT molecular complexity index is 441. The van der Waals surface area contributed by atoms with E-state index in [1.165, 1.54) is 12.1 Å². The first-order valence-electron chi connectivity index (χ1n) is 5.28. The van der Waals surface area contributed by atoms with E-state index in [4.69, 9.17) is 4.74 Å². The van der Waals surface area contributed by atoms with Gasteiger partial charge in [0.1, 0.15) is 0 Å². The van der Waals surface area contributed by atoms with Crippen molar-refractivity contribution in [2.75, 3.05) is 31.2 Å². The third kappa shape index (κ3) is 2.42. The number of hydrogen-bond donors (Lipinski definition) is 0. The monoisotopic (exact) mass is 236 g/mol. The highest BCUT2D eigenvalue weighted by molar-refractivity contribution is 5.83.